The summed E-state index contributed by atoms with van der Waals surface area (Å²) < 4.78 is 22.4. The van der Waals surface area contributed by atoms with E-state index in [4.69, 9.17) is 18.6 Å². The first-order valence-corrected chi connectivity index (χ1v) is 11.5. The van der Waals surface area contributed by atoms with Crippen LogP contribution in [0.3, 0.4) is 0 Å². The van der Waals surface area contributed by atoms with Gasteiger partial charge in [-0.15, -0.1) is 0 Å². The van der Waals surface area contributed by atoms with Crippen molar-refractivity contribution in [3.8, 4) is 17.2 Å². The molecule has 1 saturated heterocycles. The number of benzene rings is 2. The van der Waals surface area contributed by atoms with E-state index in [1.165, 1.54) is 11.2 Å². The molecule has 8 nitrogen and oxygen atoms in total. The maximum Gasteiger partial charge on any atom is 0.296 e. The maximum atomic E-state index is 13.3. The quantitative estimate of drug-likeness (QED) is 0.306. The summed E-state index contributed by atoms with van der Waals surface area (Å²) in [4.78, 5) is 27.8. The second kappa shape index (κ2) is 9.58. The Bertz CT molecular complexity index is 1280. The molecule has 1 amide bonds. The second-order valence-electron chi connectivity index (χ2n) is 8.29. The minimum Gasteiger partial charge on any atom is -0.507 e. The van der Waals surface area contributed by atoms with E-state index in [1.807, 2.05) is 19.1 Å². The zero-order chi connectivity index (χ0) is 24.4. The van der Waals surface area contributed by atoms with Gasteiger partial charge >= 0.3 is 0 Å². The van der Waals surface area contributed by atoms with Gasteiger partial charge in [-0.1, -0.05) is 19.1 Å². The van der Waals surface area contributed by atoms with Crippen LogP contribution in [-0.4, -0.2) is 41.5 Å². The molecule has 1 fully saturated rings. The lowest BCUT2D eigenvalue weighted by molar-refractivity contribution is -0.140. The number of carbonyl (C=O) groups excluding carboxylic acids is 2. The Morgan fingerprint density at radius 1 is 1.06 bits per heavy atom. The third-order valence-electron chi connectivity index (χ3n) is 5.91. The van der Waals surface area contributed by atoms with Crippen LogP contribution < -0.4 is 14.2 Å². The van der Waals surface area contributed by atoms with Crippen LogP contribution in [0.25, 0.3) is 5.76 Å². The SMILES string of the molecule is CCCOc1cccc(C2/C(=C(\O)c3ccc4c(c3)OCCO4)C(=O)C(=O)N2Cc2ccco2)c1. The fourth-order valence-electron chi connectivity index (χ4n) is 4.30. The molecule has 2 aromatic carbocycles. The van der Waals surface area contributed by atoms with Gasteiger partial charge in [0, 0.05) is 5.56 Å². The number of fused-ring (bicyclic) bond motifs is 1. The Balaban J connectivity index is 1.61. The van der Waals surface area contributed by atoms with Crippen molar-refractivity contribution in [2.75, 3.05) is 19.8 Å². The number of carbonyl (C=O) groups is 2. The number of nitrogens with zero attached hydrogens (tertiary/aromatic N) is 1. The summed E-state index contributed by atoms with van der Waals surface area (Å²) in [5, 5.41) is 11.3. The normalized spacial score (nSPS) is 18.7. The van der Waals surface area contributed by atoms with Gasteiger partial charge in [-0.2, -0.15) is 0 Å². The molecule has 35 heavy (non-hydrogen) atoms. The van der Waals surface area contributed by atoms with E-state index in [0.717, 1.165) is 6.42 Å². The average molecular weight is 475 g/mol. The van der Waals surface area contributed by atoms with E-state index >= 15 is 0 Å². The number of aliphatic hydroxyl groups is 1. The third kappa shape index (κ3) is 4.35. The molecule has 1 N–H and O–H groups in total. The summed E-state index contributed by atoms with van der Waals surface area (Å²) in [6.45, 7) is 3.44. The molecule has 0 bridgehead atoms. The minimum atomic E-state index is -0.835. The Hall–Kier alpha value is -4.20. The van der Waals surface area contributed by atoms with Crippen LogP contribution in [0.5, 0.6) is 17.2 Å². The lowest BCUT2D eigenvalue weighted by Gasteiger charge is -2.25. The highest BCUT2D eigenvalue weighted by atomic mass is 16.6. The molecule has 1 aromatic heterocycles. The molecule has 0 spiro atoms. The van der Waals surface area contributed by atoms with E-state index in [-0.39, 0.29) is 17.9 Å². The molecule has 3 heterocycles. The summed E-state index contributed by atoms with van der Waals surface area (Å²) in [6.07, 6.45) is 2.35. The van der Waals surface area contributed by atoms with Crippen LogP contribution in [-0.2, 0) is 16.1 Å². The van der Waals surface area contributed by atoms with Gasteiger partial charge in [0.05, 0.1) is 31.0 Å². The van der Waals surface area contributed by atoms with Crippen molar-refractivity contribution in [2.24, 2.45) is 0 Å². The summed E-state index contributed by atoms with van der Waals surface area (Å²) in [6, 6.07) is 14.8. The molecule has 8 heteroatoms. The van der Waals surface area contributed by atoms with Gasteiger partial charge in [-0.3, -0.25) is 9.59 Å². The molecular formula is C27H25NO7. The van der Waals surface area contributed by atoms with Gasteiger partial charge in [0.15, 0.2) is 11.5 Å². The highest BCUT2D eigenvalue weighted by Gasteiger charge is 2.46. The summed E-state index contributed by atoms with van der Waals surface area (Å²) in [5.41, 5.74) is 0.989. The number of likely N-dealkylation sites (tertiary alicyclic amines) is 1. The van der Waals surface area contributed by atoms with Crippen LogP contribution in [0, 0.1) is 0 Å². The molecule has 0 aliphatic carbocycles. The van der Waals surface area contributed by atoms with Gasteiger partial charge < -0.3 is 28.6 Å². The minimum absolute atomic E-state index is 0.00845. The Morgan fingerprint density at radius 2 is 1.89 bits per heavy atom. The van der Waals surface area contributed by atoms with Crippen molar-refractivity contribution < 1.29 is 33.3 Å². The van der Waals surface area contributed by atoms with E-state index < -0.39 is 17.7 Å². The fourth-order valence-corrected chi connectivity index (χ4v) is 4.30. The molecule has 3 aromatic rings. The fraction of sp³-hybridized carbons (Fsp3) is 0.259. The molecule has 2 aliphatic rings. The number of hydrogen-bond acceptors (Lipinski definition) is 7. The highest BCUT2D eigenvalue weighted by molar-refractivity contribution is 6.46. The number of hydrogen-bond donors (Lipinski definition) is 1. The summed E-state index contributed by atoms with van der Waals surface area (Å²) in [5.74, 6) is 0.397. The van der Waals surface area contributed by atoms with E-state index in [2.05, 4.69) is 0 Å². The molecule has 1 atom stereocenters. The molecule has 5 rings (SSSR count). The smallest absolute Gasteiger partial charge is 0.296 e. The number of ether oxygens (including phenoxy) is 3. The van der Waals surface area contributed by atoms with Crippen LogP contribution in [0.4, 0.5) is 0 Å². The second-order valence-corrected chi connectivity index (χ2v) is 8.29. The number of Topliss-reactive ketones (excluding diaryl/α,β-unsaturated/α-hetero) is 1. The molecule has 0 radical (unpaired) electrons. The predicted molar refractivity (Wildman–Crippen MR) is 126 cm³/mol. The van der Waals surface area contributed by atoms with E-state index in [1.54, 1.807) is 42.5 Å². The van der Waals surface area contributed by atoms with Crippen molar-refractivity contribution >= 4 is 17.4 Å². The summed E-state index contributed by atoms with van der Waals surface area (Å²) in [7, 11) is 0. The Morgan fingerprint density at radius 3 is 2.66 bits per heavy atom. The van der Waals surface area contributed by atoms with Gasteiger partial charge in [0.1, 0.15) is 30.5 Å². The van der Waals surface area contributed by atoms with Crippen LogP contribution in [0.2, 0.25) is 0 Å². The standard InChI is InChI=1S/C27H25NO7/c1-2-10-32-19-6-3-5-17(14-19)24-23(26(30)27(31)28(24)16-20-7-4-11-33-20)25(29)18-8-9-21-22(15-18)35-13-12-34-21/h3-9,11,14-15,24,29H,2,10,12-13,16H2,1H3/b25-23+. The first kappa shape index (κ1) is 22.6. The van der Waals surface area contributed by atoms with Crippen molar-refractivity contribution in [3.05, 3.63) is 83.3 Å². The molecule has 0 saturated carbocycles. The third-order valence-corrected chi connectivity index (χ3v) is 5.91. The van der Waals surface area contributed by atoms with Crippen molar-refractivity contribution in [2.45, 2.75) is 25.9 Å². The lowest BCUT2D eigenvalue weighted by Crippen LogP contribution is -2.29. The zero-order valence-electron chi connectivity index (χ0n) is 19.2. The van der Waals surface area contributed by atoms with Gasteiger partial charge in [-0.25, -0.2) is 0 Å². The number of amides is 1. The number of ketones is 1. The first-order valence-electron chi connectivity index (χ1n) is 11.5. The van der Waals surface area contributed by atoms with Gasteiger partial charge in [0.2, 0.25) is 0 Å². The Kier molecular flexibility index (Phi) is 6.18. The van der Waals surface area contributed by atoms with Gasteiger partial charge in [-0.05, 0) is 54.4 Å². The molecule has 2 aliphatic heterocycles. The molecule has 1 unspecified atom stereocenters. The maximum absolute atomic E-state index is 13.3. The Labute approximate surface area is 202 Å². The van der Waals surface area contributed by atoms with Crippen LogP contribution in [0.15, 0.2) is 70.9 Å². The van der Waals surface area contributed by atoms with Crippen molar-refractivity contribution in [1.29, 1.82) is 0 Å². The number of aliphatic hydroxyl groups excluding tert-OH is 1. The molecule has 180 valence electrons. The zero-order valence-corrected chi connectivity index (χ0v) is 19.2. The number of rotatable bonds is 7. The van der Waals surface area contributed by atoms with E-state index in [9.17, 15) is 14.7 Å². The van der Waals surface area contributed by atoms with E-state index in [0.29, 0.717) is 54.0 Å². The van der Waals surface area contributed by atoms with Crippen LogP contribution >= 0.6 is 0 Å². The van der Waals surface area contributed by atoms with Crippen LogP contribution in [0.1, 0.15) is 36.3 Å². The summed E-state index contributed by atoms with van der Waals surface area (Å²) >= 11 is 0. The largest absolute Gasteiger partial charge is 0.507 e. The topological polar surface area (TPSA) is 98.4 Å². The van der Waals surface area contributed by atoms with Crippen molar-refractivity contribution in [1.82, 2.24) is 4.90 Å². The first-order chi connectivity index (χ1) is 17.1. The molecular weight excluding hydrogens is 450 g/mol. The highest BCUT2D eigenvalue weighted by Crippen LogP contribution is 2.42. The van der Waals surface area contributed by atoms with Crippen molar-refractivity contribution in [3.63, 3.8) is 0 Å². The van der Waals surface area contributed by atoms with Gasteiger partial charge in [0.25, 0.3) is 11.7 Å². The number of furan rings is 1. The predicted octanol–water partition coefficient (Wildman–Crippen LogP) is 4.46. The average Bonchev–Trinajstić information content (AvgIpc) is 3.49. The monoisotopic (exact) mass is 475 g/mol. The lowest BCUT2D eigenvalue weighted by atomic mass is 9.95.